The van der Waals surface area contributed by atoms with Gasteiger partial charge in [-0.15, -0.1) is 0 Å². The van der Waals surface area contributed by atoms with Crippen molar-refractivity contribution >= 4 is 29.1 Å². The van der Waals surface area contributed by atoms with Gasteiger partial charge in [-0.3, -0.25) is 9.59 Å². The number of rotatable bonds is 6. The van der Waals surface area contributed by atoms with Crippen molar-refractivity contribution in [1.82, 2.24) is 5.32 Å². The van der Waals surface area contributed by atoms with Crippen molar-refractivity contribution in [3.63, 3.8) is 0 Å². The van der Waals surface area contributed by atoms with Crippen LogP contribution < -0.4 is 10.6 Å². The van der Waals surface area contributed by atoms with Crippen LogP contribution in [0.25, 0.3) is 0 Å². The zero-order valence-electron chi connectivity index (χ0n) is 14.1. The monoisotopic (exact) mass is 356 g/mol. The van der Waals surface area contributed by atoms with Crippen molar-refractivity contribution in [2.24, 2.45) is 5.41 Å². The van der Waals surface area contributed by atoms with Crippen molar-refractivity contribution < 1.29 is 9.59 Å². The summed E-state index contributed by atoms with van der Waals surface area (Å²) < 4.78 is 0. The molecule has 0 unspecified atom stereocenters. The molecule has 0 radical (unpaired) electrons. The largest absolute Gasteiger partial charge is 0.355 e. The molecule has 2 amide bonds. The SMILES string of the molecule is Cc1ccc(NC(=O)C2(C(=O)NCCc3cccc(Cl)c3)CC2)cc1. The molecule has 130 valence electrons. The first-order valence-electron chi connectivity index (χ1n) is 8.40. The minimum absolute atomic E-state index is 0.195. The third-order valence-corrected chi connectivity index (χ3v) is 4.75. The zero-order chi connectivity index (χ0) is 17.9. The van der Waals surface area contributed by atoms with Crippen molar-refractivity contribution in [3.05, 3.63) is 64.7 Å². The lowest BCUT2D eigenvalue weighted by atomic mass is 10.0. The first-order chi connectivity index (χ1) is 12.0. The van der Waals surface area contributed by atoms with Crippen molar-refractivity contribution in [2.45, 2.75) is 26.2 Å². The molecule has 1 aliphatic carbocycles. The van der Waals surface area contributed by atoms with E-state index in [4.69, 9.17) is 11.6 Å². The van der Waals surface area contributed by atoms with Gasteiger partial charge in [0.15, 0.2) is 0 Å². The Morgan fingerprint density at radius 1 is 1.08 bits per heavy atom. The topological polar surface area (TPSA) is 58.2 Å². The molecule has 25 heavy (non-hydrogen) atoms. The highest BCUT2D eigenvalue weighted by Crippen LogP contribution is 2.46. The molecule has 0 aromatic heterocycles. The molecule has 5 heteroatoms. The van der Waals surface area contributed by atoms with E-state index >= 15 is 0 Å². The number of aryl methyl sites for hydroxylation is 1. The van der Waals surface area contributed by atoms with E-state index in [1.807, 2.05) is 55.5 Å². The van der Waals surface area contributed by atoms with Gasteiger partial charge < -0.3 is 10.6 Å². The Labute approximate surface area is 152 Å². The van der Waals surface area contributed by atoms with Crippen LogP contribution in [-0.2, 0) is 16.0 Å². The van der Waals surface area contributed by atoms with E-state index in [0.717, 1.165) is 11.1 Å². The van der Waals surface area contributed by atoms with Gasteiger partial charge in [-0.25, -0.2) is 0 Å². The van der Waals surface area contributed by atoms with E-state index in [1.165, 1.54) is 0 Å². The second-order valence-electron chi connectivity index (χ2n) is 6.54. The molecule has 2 N–H and O–H groups in total. The number of anilines is 1. The van der Waals surface area contributed by atoms with Crippen LogP contribution in [-0.4, -0.2) is 18.4 Å². The van der Waals surface area contributed by atoms with Gasteiger partial charge in [-0.05, 0) is 56.0 Å². The second-order valence-corrected chi connectivity index (χ2v) is 6.97. The maximum Gasteiger partial charge on any atom is 0.240 e. The lowest BCUT2D eigenvalue weighted by Gasteiger charge is -2.15. The summed E-state index contributed by atoms with van der Waals surface area (Å²) in [5.74, 6) is -0.421. The van der Waals surface area contributed by atoms with E-state index in [0.29, 0.717) is 36.5 Å². The molecular formula is C20H21ClN2O2. The Bertz CT molecular complexity index is 783. The van der Waals surface area contributed by atoms with Crippen molar-refractivity contribution in [2.75, 3.05) is 11.9 Å². The lowest BCUT2D eigenvalue weighted by molar-refractivity contribution is -0.134. The fraction of sp³-hybridized carbons (Fsp3) is 0.300. The van der Waals surface area contributed by atoms with Crippen LogP contribution in [0.1, 0.15) is 24.0 Å². The standard InChI is InChI=1S/C20H21ClN2O2/c1-14-5-7-17(8-6-14)23-19(25)20(10-11-20)18(24)22-12-9-15-3-2-4-16(21)13-15/h2-8,13H,9-12H2,1H3,(H,22,24)(H,23,25). The summed E-state index contributed by atoms with van der Waals surface area (Å²) in [5.41, 5.74) is 1.98. The summed E-state index contributed by atoms with van der Waals surface area (Å²) in [4.78, 5) is 25.0. The predicted molar refractivity (Wildman–Crippen MR) is 99.6 cm³/mol. The normalized spacial score (nSPS) is 14.6. The Morgan fingerprint density at radius 2 is 1.80 bits per heavy atom. The molecule has 1 saturated carbocycles. The van der Waals surface area contributed by atoms with Crippen LogP contribution in [0, 0.1) is 12.3 Å². The number of hydrogen-bond acceptors (Lipinski definition) is 2. The Morgan fingerprint density at radius 3 is 2.44 bits per heavy atom. The van der Waals surface area contributed by atoms with Gasteiger partial charge in [0, 0.05) is 17.3 Å². The zero-order valence-corrected chi connectivity index (χ0v) is 14.9. The highest BCUT2D eigenvalue weighted by atomic mass is 35.5. The number of amides is 2. The van der Waals surface area contributed by atoms with Crippen LogP contribution >= 0.6 is 11.6 Å². The molecule has 0 bridgehead atoms. The fourth-order valence-corrected chi connectivity index (χ4v) is 2.96. The summed E-state index contributed by atoms with van der Waals surface area (Å²) in [6.45, 7) is 2.47. The van der Waals surface area contributed by atoms with Crippen molar-refractivity contribution in [3.8, 4) is 0 Å². The van der Waals surface area contributed by atoms with E-state index in [-0.39, 0.29) is 11.8 Å². The summed E-state index contributed by atoms with van der Waals surface area (Å²) in [6, 6.07) is 15.1. The van der Waals surface area contributed by atoms with Crippen LogP contribution in [0.5, 0.6) is 0 Å². The van der Waals surface area contributed by atoms with Gasteiger partial charge in [0.2, 0.25) is 11.8 Å². The van der Waals surface area contributed by atoms with E-state index < -0.39 is 5.41 Å². The van der Waals surface area contributed by atoms with Crippen LogP contribution in [0.15, 0.2) is 48.5 Å². The highest BCUT2D eigenvalue weighted by molar-refractivity contribution is 6.30. The summed E-state index contributed by atoms with van der Waals surface area (Å²) >= 11 is 5.96. The number of carbonyl (C=O) groups excluding carboxylic acids is 2. The predicted octanol–water partition coefficient (Wildman–Crippen LogP) is 3.73. The smallest absolute Gasteiger partial charge is 0.240 e. The summed E-state index contributed by atoms with van der Waals surface area (Å²) in [6.07, 6.45) is 1.86. The molecule has 4 nitrogen and oxygen atoms in total. The van der Waals surface area contributed by atoms with Gasteiger partial charge in [-0.1, -0.05) is 41.4 Å². The van der Waals surface area contributed by atoms with Gasteiger partial charge in [-0.2, -0.15) is 0 Å². The number of nitrogens with one attached hydrogen (secondary N) is 2. The molecule has 0 saturated heterocycles. The first kappa shape index (κ1) is 17.5. The van der Waals surface area contributed by atoms with Crippen LogP contribution in [0.3, 0.4) is 0 Å². The molecule has 0 atom stereocenters. The Balaban J connectivity index is 1.53. The maximum atomic E-state index is 12.5. The maximum absolute atomic E-state index is 12.5. The van der Waals surface area contributed by atoms with Crippen LogP contribution in [0.2, 0.25) is 5.02 Å². The fourth-order valence-electron chi connectivity index (χ4n) is 2.75. The molecule has 2 aromatic rings. The van der Waals surface area contributed by atoms with Crippen LogP contribution in [0.4, 0.5) is 5.69 Å². The average Bonchev–Trinajstić information content (AvgIpc) is 3.39. The molecule has 1 fully saturated rings. The van der Waals surface area contributed by atoms with Gasteiger partial charge in [0.05, 0.1) is 0 Å². The number of benzene rings is 2. The Kier molecular flexibility index (Phi) is 5.09. The molecule has 0 heterocycles. The van der Waals surface area contributed by atoms with E-state index in [1.54, 1.807) is 0 Å². The van der Waals surface area contributed by atoms with Gasteiger partial charge in [0.25, 0.3) is 0 Å². The quantitative estimate of drug-likeness (QED) is 0.775. The molecule has 0 spiro atoms. The first-order valence-corrected chi connectivity index (χ1v) is 8.78. The summed E-state index contributed by atoms with van der Waals surface area (Å²) in [7, 11) is 0. The average molecular weight is 357 g/mol. The second kappa shape index (κ2) is 7.28. The number of hydrogen-bond donors (Lipinski definition) is 2. The molecule has 0 aliphatic heterocycles. The highest BCUT2D eigenvalue weighted by Gasteiger charge is 2.56. The lowest BCUT2D eigenvalue weighted by Crippen LogP contribution is -2.40. The number of carbonyl (C=O) groups is 2. The molecule has 1 aliphatic rings. The third-order valence-electron chi connectivity index (χ3n) is 4.52. The molecule has 3 rings (SSSR count). The number of halogens is 1. The van der Waals surface area contributed by atoms with Gasteiger partial charge >= 0.3 is 0 Å². The molecular weight excluding hydrogens is 336 g/mol. The van der Waals surface area contributed by atoms with Gasteiger partial charge in [0.1, 0.15) is 5.41 Å². The van der Waals surface area contributed by atoms with E-state index in [2.05, 4.69) is 10.6 Å². The minimum Gasteiger partial charge on any atom is -0.355 e. The van der Waals surface area contributed by atoms with E-state index in [9.17, 15) is 9.59 Å². The third kappa shape index (κ3) is 4.20. The minimum atomic E-state index is -0.917. The van der Waals surface area contributed by atoms with Crippen molar-refractivity contribution in [1.29, 1.82) is 0 Å². The Hall–Kier alpha value is -2.33. The summed E-state index contributed by atoms with van der Waals surface area (Å²) in [5, 5.41) is 6.42. The molecule has 2 aromatic carbocycles.